The molecule has 2 aromatic carbocycles. The van der Waals surface area contributed by atoms with Gasteiger partial charge in [0, 0.05) is 11.4 Å². The van der Waals surface area contributed by atoms with Crippen LogP contribution in [0.2, 0.25) is 0 Å². The van der Waals surface area contributed by atoms with Gasteiger partial charge in [-0.25, -0.2) is 0 Å². The Morgan fingerprint density at radius 3 is 2.57 bits per heavy atom. The second kappa shape index (κ2) is 9.00. The largest absolute Gasteiger partial charge is 0.459 e. The van der Waals surface area contributed by atoms with E-state index in [9.17, 15) is 4.79 Å². The molecule has 1 amide bonds. The van der Waals surface area contributed by atoms with Crippen LogP contribution < -0.4 is 5.32 Å². The van der Waals surface area contributed by atoms with E-state index in [-0.39, 0.29) is 18.2 Å². The summed E-state index contributed by atoms with van der Waals surface area (Å²) in [5.74, 6) is 1.43. The third-order valence-corrected chi connectivity index (χ3v) is 5.74. The van der Waals surface area contributed by atoms with Crippen LogP contribution in [0.25, 0.3) is 5.69 Å². The molecule has 0 aliphatic rings. The molecule has 2 heterocycles. The van der Waals surface area contributed by atoms with Crippen LogP contribution in [0, 0.1) is 13.8 Å². The molecule has 0 saturated carbocycles. The van der Waals surface area contributed by atoms with Gasteiger partial charge in [0.1, 0.15) is 0 Å². The van der Waals surface area contributed by atoms with Crippen LogP contribution in [-0.2, 0) is 12.3 Å². The molecule has 0 bridgehead atoms. The zero-order chi connectivity index (χ0) is 20.9. The van der Waals surface area contributed by atoms with Crippen molar-refractivity contribution in [1.82, 2.24) is 20.1 Å². The quantitative estimate of drug-likeness (QED) is 0.441. The first kappa shape index (κ1) is 20.0. The Bertz CT molecular complexity index is 1130. The number of rotatable bonds is 7. The van der Waals surface area contributed by atoms with Gasteiger partial charge in [0.05, 0.1) is 12.8 Å². The molecule has 4 aromatic rings. The van der Waals surface area contributed by atoms with Crippen LogP contribution >= 0.6 is 11.8 Å². The summed E-state index contributed by atoms with van der Waals surface area (Å²) >= 11 is 1.62. The molecule has 152 valence electrons. The summed E-state index contributed by atoms with van der Waals surface area (Å²) in [4.78, 5) is 12.3. The Morgan fingerprint density at radius 1 is 1.03 bits per heavy atom. The molecule has 7 heteroatoms. The Balaban J connectivity index is 1.59. The van der Waals surface area contributed by atoms with E-state index in [1.54, 1.807) is 23.9 Å². The van der Waals surface area contributed by atoms with Crippen LogP contribution in [0.3, 0.4) is 0 Å². The van der Waals surface area contributed by atoms with E-state index < -0.39 is 0 Å². The van der Waals surface area contributed by atoms with Crippen LogP contribution in [-0.4, -0.2) is 20.7 Å². The van der Waals surface area contributed by atoms with Gasteiger partial charge in [-0.15, -0.1) is 10.2 Å². The van der Waals surface area contributed by atoms with Crippen LogP contribution in [0.5, 0.6) is 0 Å². The van der Waals surface area contributed by atoms with Gasteiger partial charge >= 0.3 is 0 Å². The van der Waals surface area contributed by atoms with E-state index in [1.807, 2.05) is 35.8 Å². The van der Waals surface area contributed by atoms with Gasteiger partial charge in [-0.2, -0.15) is 0 Å². The summed E-state index contributed by atoms with van der Waals surface area (Å²) < 4.78 is 7.15. The van der Waals surface area contributed by atoms with Crippen molar-refractivity contribution in [3.63, 3.8) is 0 Å². The van der Waals surface area contributed by atoms with Gasteiger partial charge < -0.3 is 9.73 Å². The molecule has 2 aromatic heterocycles. The second-order valence-corrected chi connectivity index (χ2v) is 7.89. The van der Waals surface area contributed by atoms with Gasteiger partial charge in [-0.05, 0) is 49.2 Å². The number of hydrogen-bond acceptors (Lipinski definition) is 5. The zero-order valence-electron chi connectivity index (χ0n) is 16.8. The van der Waals surface area contributed by atoms with Gasteiger partial charge in [0.2, 0.25) is 0 Å². The summed E-state index contributed by atoms with van der Waals surface area (Å²) in [6, 6.07) is 19.8. The molecule has 0 saturated heterocycles. The normalized spacial score (nSPS) is 10.9. The van der Waals surface area contributed by atoms with E-state index in [0.717, 1.165) is 16.6 Å². The Morgan fingerprint density at radius 2 is 1.83 bits per heavy atom. The zero-order valence-corrected chi connectivity index (χ0v) is 17.6. The average molecular weight is 419 g/mol. The highest BCUT2D eigenvalue weighted by Crippen LogP contribution is 2.26. The maximum atomic E-state index is 12.3. The summed E-state index contributed by atoms with van der Waals surface area (Å²) in [5, 5.41) is 12.4. The molecular weight excluding hydrogens is 396 g/mol. The van der Waals surface area contributed by atoms with Crippen molar-refractivity contribution < 1.29 is 9.21 Å². The van der Waals surface area contributed by atoms with Crippen molar-refractivity contribution in [1.29, 1.82) is 0 Å². The van der Waals surface area contributed by atoms with Crippen LogP contribution in [0.1, 0.15) is 33.1 Å². The fourth-order valence-electron chi connectivity index (χ4n) is 3.03. The summed E-state index contributed by atoms with van der Waals surface area (Å²) in [6.45, 7) is 4.40. The van der Waals surface area contributed by atoms with Gasteiger partial charge in [-0.3, -0.25) is 9.36 Å². The van der Waals surface area contributed by atoms with E-state index in [2.05, 4.69) is 46.7 Å². The Kier molecular flexibility index (Phi) is 5.99. The standard InChI is InChI=1S/C23H22N4O2S/c1-16-9-11-19(12-10-16)27-21(14-24-22(28)20-8-5-13-29-20)25-26-23(27)30-15-18-7-4-3-6-17(18)2/h3-13H,14-15H2,1-2H3,(H,24,28). The lowest BCUT2D eigenvalue weighted by molar-refractivity contribution is 0.0922. The van der Waals surface area contributed by atoms with Crippen molar-refractivity contribution in [2.45, 2.75) is 31.3 Å². The van der Waals surface area contributed by atoms with Crippen molar-refractivity contribution >= 4 is 17.7 Å². The number of carbonyl (C=O) groups is 1. The first-order valence-electron chi connectivity index (χ1n) is 9.62. The summed E-state index contributed by atoms with van der Waals surface area (Å²) in [7, 11) is 0. The molecule has 0 atom stereocenters. The molecular formula is C23H22N4O2S. The molecule has 6 nitrogen and oxygen atoms in total. The minimum absolute atomic E-state index is 0.241. The minimum Gasteiger partial charge on any atom is -0.459 e. The van der Waals surface area contributed by atoms with E-state index in [1.165, 1.54) is 23.0 Å². The number of carbonyl (C=O) groups excluding carboxylic acids is 1. The third kappa shape index (κ3) is 4.46. The van der Waals surface area contributed by atoms with Crippen molar-refractivity contribution in [2.75, 3.05) is 0 Å². The number of amides is 1. The lowest BCUT2D eigenvalue weighted by Crippen LogP contribution is -2.24. The van der Waals surface area contributed by atoms with Crippen LogP contribution in [0.4, 0.5) is 0 Å². The van der Waals surface area contributed by atoms with Crippen molar-refractivity contribution in [3.05, 3.63) is 95.2 Å². The summed E-state index contributed by atoms with van der Waals surface area (Å²) in [5.41, 5.74) is 4.64. The minimum atomic E-state index is -0.285. The topological polar surface area (TPSA) is 73.0 Å². The Labute approximate surface area is 179 Å². The number of aromatic nitrogens is 3. The predicted molar refractivity (Wildman–Crippen MR) is 117 cm³/mol. The maximum absolute atomic E-state index is 12.3. The summed E-state index contributed by atoms with van der Waals surface area (Å²) in [6.07, 6.45) is 1.48. The first-order chi connectivity index (χ1) is 14.6. The van der Waals surface area contributed by atoms with E-state index in [4.69, 9.17) is 4.42 Å². The highest BCUT2D eigenvalue weighted by atomic mass is 32.2. The van der Waals surface area contributed by atoms with E-state index >= 15 is 0 Å². The SMILES string of the molecule is Cc1ccc(-n2c(CNC(=O)c3ccco3)nnc2SCc2ccccc2C)cc1. The molecule has 0 radical (unpaired) electrons. The molecule has 30 heavy (non-hydrogen) atoms. The van der Waals surface area contributed by atoms with E-state index in [0.29, 0.717) is 5.82 Å². The fourth-order valence-corrected chi connectivity index (χ4v) is 4.08. The van der Waals surface area contributed by atoms with Crippen LogP contribution in [0.15, 0.2) is 76.5 Å². The predicted octanol–water partition coefficient (Wildman–Crippen LogP) is 4.70. The number of hydrogen-bond donors (Lipinski definition) is 1. The number of nitrogens with zero attached hydrogens (tertiary/aromatic N) is 3. The monoisotopic (exact) mass is 418 g/mol. The third-order valence-electron chi connectivity index (χ3n) is 4.76. The molecule has 0 fully saturated rings. The smallest absolute Gasteiger partial charge is 0.287 e. The number of furan rings is 1. The molecule has 0 aliphatic carbocycles. The van der Waals surface area contributed by atoms with Gasteiger partial charge in [0.15, 0.2) is 16.7 Å². The van der Waals surface area contributed by atoms with Gasteiger partial charge in [-0.1, -0.05) is 53.7 Å². The Hall–Kier alpha value is -3.32. The fraction of sp³-hybridized carbons (Fsp3) is 0.174. The lowest BCUT2D eigenvalue weighted by Gasteiger charge is -2.11. The number of aryl methyl sites for hydroxylation is 2. The van der Waals surface area contributed by atoms with Crippen molar-refractivity contribution in [2.24, 2.45) is 0 Å². The second-order valence-electron chi connectivity index (χ2n) is 6.94. The lowest BCUT2D eigenvalue weighted by atomic mass is 10.1. The number of nitrogens with one attached hydrogen (secondary N) is 1. The first-order valence-corrected chi connectivity index (χ1v) is 10.6. The molecule has 0 aliphatic heterocycles. The average Bonchev–Trinajstić information content (AvgIpc) is 3.42. The molecule has 0 spiro atoms. The maximum Gasteiger partial charge on any atom is 0.287 e. The van der Waals surface area contributed by atoms with Crippen molar-refractivity contribution in [3.8, 4) is 5.69 Å². The highest BCUT2D eigenvalue weighted by Gasteiger charge is 2.17. The number of benzene rings is 2. The number of thioether (sulfide) groups is 1. The molecule has 4 rings (SSSR count). The molecule has 0 unspecified atom stereocenters. The highest BCUT2D eigenvalue weighted by molar-refractivity contribution is 7.98. The molecule has 1 N–H and O–H groups in total. The van der Waals surface area contributed by atoms with Gasteiger partial charge in [0.25, 0.3) is 5.91 Å².